The van der Waals surface area contributed by atoms with Crippen molar-refractivity contribution < 1.29 is 4.39 Å². The molecule has 0 radical (unpaired) electrons. The van der Waals surface area contributed by atoms with Gasteiger partial charge in [0.25, 0.3) is 0 Å². The normalized spacial score (nSPS) is 14.4. The molecule has 1 fully saturated rings. The van der Waals surface area contributed by atoms with Crippen molar-refractivity contribution in [2.45, 2.75) is 25.3 Å². The minimum atomic E-state index is -0.224. The largest absolute Gasteiger partial charge is 0.378 e. The van der Waals surface area contributed by atoms with Crippen molar-refractivity contribution in [3.05, 3.63) is 63.9 Å². The molecule has 1 saturated carbocycles. The highest BCUT2D eigenvalue weighted by molar-refractivity contribution is 9.10. The maximum absolute atomic E-state index is 13.7. The second-order valence-corrected chi connectivity index (χ2v) is 5.78. The Labute approximate surface area is 121 Å². The van der Waals surface area contributed by atoms with Crippen molar-refractivity contribution in [2.24, 2.45) is 0 Å². The van der Waals surface area contributed by atoms with Gasteiger partial charge in [-0.3, -0.25) is 0 Å². The Kier molecular flexibility index (Phi) is 3.56. The number of hydrogen-bond acceptors (Lipinski definition) is 1. The number of benzene rings is 2. The van der Waals surface area contributed by atoms with Gasteiger partial charge in [-0.25, -0.2) is 4.39 Å². The fourth-order valence-corrected chi connectivity index (χ4v) is 2.82. The van der Waals surface area contributed by atoms with Gasteiger partial charge in [0.05, 0.1) is 5.69 Å². The van der Waals surface area contributed by atoms with E-state index in [-0.39, 0.29) is 5.82 Å². The molecule has 0 heterocycles. The molecule has 2 aromatic rings. The molecule has 0 spiro atoms. The summed E-state index contributed by atoms with van der Waals surface area (Å²) in [7, 11) is 0. The monoisotopic (exact) mass is 319 g/mol. The summed E-state index contributed by atoms with van der Waals surface area (Å²) < 4.78 is 14.5. The van der Waals surface area contributed by atoms with Crippen LogP contribution in [0.2, 0.25) is 0 Å². The molecule has 0 atom stereocenters. The van der Waals surface area contributed by atoms with Crippen molar-refractivity contribution in [1.82, 2.24) is 0 Å². The van der Waals surface area contributed by atoms with Crippen molar-refractivity contribution in [2.75, 3.05) is 5.32 Å². The smallest absolute Gasteiger partial charge is 0.147 e. The lowest BCUT2D eigenvalue weighted by Gasteiger charge is -2.12. The Balaban J connectivity index is 1.79. The highest BCUT2D eigenvalue weighted by atomic mass is 79.9. The molecule has 0 bridgehead atoms. The Hall–Kier alpha value is -1.35. The van der Waals surface area contributed by atoms with Crippen LogP contribution in [-0.4, -0.2) is 0 Å². The predicted molar refractivity (Wildman–Crippen MR) is 79.8 cm³/mol. The van der Waals surface area contributed by atoms with E-state index in [9.17, 15) is 4.39 Å². The number of anilines is 1. The first kappa shape index (κ1) is 12.7. The van der Waals surface area contributed by atoms with Crippen LogP contribution in [0, 0.1) is 5.82 Å². The summed E-state index contributed by atoms with van der Waals surface area (Å²) in [4.78, 5) is 0. The van der Waals surface area contributed by atoms with Crippen molar-refractivity contribution in [3.8, 4) is 0 Å². The molecule has 1 N–H and O–H groups in total. The van der Waals surface area contributed by atoms with Crippen LogP contribution in [0.15, 0.2) is 46.9 Å². The van der Waals surface area contributed by atoms with Crippen molar-refractivity contribution in [1.29, 1.82) is 0 Å². The number of halogens is 2. The lowest BCUT2D eigenvalue weighted by molar-refractivity contribution is 0.629. The molecule has 2 aromatic carbocycles. The van der Waals surface area contributed by atoms with Crippen LogP contribution in [0.5, 0.6) is 0 Å². The number of nitrogens with one attached hydrogen (secondary N) is 1. The Morgan fingerprint density at radius 1 is 1.11 bits per heavy atom. The molecule has 98 valence electrons. The van der Waals surface area contributed by atoms with Crippen LogP contribution in [0.25, 0.3) is 0 Å². The zero-order valence-electron chi connectivity index (χ0n) is 10.5. The van der Waals surface area contributed by atoms with E-state index in [2.05, 4.69) is 39.4 Å². The van der Waals surface area contributed by atoms with Crippen molar-refractivity contribution in [3.63, 3.8) is 0 Å². The molecule has 19 heavy (non-hydrogen) atoms. The first-order valence-electron chi connectivity index (χ1n) is 6.51. The SMILES string of the molecule is Fc1cccc(Br)c1NCc1ccccc1C1CC1. The Bertz CT molecular complexity index is 573. The average Bonchev–Trinajstić information content (AvgIpc) is 3.23. The van der Waals surface area contributed by atoms with Gasteiger partial charge in [-0.15, -0.1) is 0 Å². The van der Waals surface area contributed by atoms with Crippen LogP contribution in [0.1, 0.15) is 29.9 Å². The number of hydrogen-bond donors (Lipinski definition) is 1. The van der Waals surface area contributed by atoms with E-state index in [1.54, 1.807) is 6.07 Å². The van der Waals surface area contributed by atoms with E-state index < -0.39 is 0 Å². The van der Waals surface area contributed by atoms with Gasteiger partial charge in [-0.05, 0) is 57.9 Å². The molecular weight excluding hydrogens is 305 g/mol. The number of para-hydroxylation sites is 1. The van der Waals surface area contributed by atoms with Gasteiger partial charge >= 0.3 is 0 Å². The first-order valence-corrected chi connectivity index (χ1v) is 7.30. The third kappa shape index (κ3) is 2.81. The highest BCUT2D eigenvalue weighted by Gasteiger charge is 2.25. The van der Waals surface area contributed by atoms with Crippen LogP contribution in [-0.2, 0) is 6.54 Å². The van der Waals surface area contributed by atoms with E-state index >= 15 is 0 Å². The average molecular weight is 320 g/mol. The van der Waals surface area contributed by atoms with Gasteiger partial charge in [-0.2, -0.15) is 0 Å². The molecule has 1 aliphatic carbocycles. The van der Waals surface area contributed by atoms with Gasteiger partial charge in [0, 0.05) is 11.0 Å². The Morgan fingerprint density at radius 3 is 2.63 bits per heavy atom. The van der Waals surface area contributed by atoms with Crippen molar-refractivity contribution >= 4 is 21.6 Å². The molecule has 1 aliphatic rings. The van der Waals surface area contributed by atoms with Gasteiger partial charge in [-0.1, -0.05) is 30.3 Å². The lowest BCUT2D eigenvalue weighted by atomic mass is 10.0. The standard InChI is InChI=1S/C16H15BrFN/c17-14-6-3-7-15(18)16(14)19-10-12-4-1-2-5-13(12)11-8-9-11/h1-7,11,19H,8-10H2. The fraction of sp³-hybridized carbons (Fsp3) is 0.250. The topological polar surface area (TPSA) is 12.0 Å². The maximum Gasteiger partial charge on any atom is 0.147 e. The summed E-state index contributed by atoms with van der Waals surface area (Å²) >= 11 is 3.38. The van der Waals surface area contributed by atoms with Crippen LogP contribution < -0.4 is 5.32 Å². The summed E-state index contributed by atoms with van der Waals surface area (Å²) in [6, 6.07) is 13.4. The summed E-state index contributed by atoms with van der Waals surface area (Å²) in [5.74, 6) is 0.486. The van der Waals surface area contributed by atoms with E-state index in [1.165, 1.54) is 30.0 Å². The minimum absolute atomic E-state index is 0.224. The fourth-order valence-electron chi connectivity index (χ4n) is 2.34. The maximum atomic E-state index is 13.7. The Morgan fingerprint density at radius 2 is 1.89 bits per heavy atom. The lowest BCUT2D eigenvalue weighted by Crippen LogP contribution is -2.04. The third-order valence-electron chi connectivity index (χ3n) is 3.49. The van der Waals surface area contributed by atoms with Gasteiger partial charge in [0.2, 0.25) is 0 Å². The second kappa shape index (κ2) is 5.33. The van der Waals surface area contributed by atoms with E-state index in [4.69, 9.17) is 0 Å². The molecular formula is C16H15BrFN. The highest BCUT2D eigenvalue weighted by Crippen LogP contribution is 2.41. The van der Waals surface area contributed by atoms with Crippen LogP contribution in [0.4, 0.5) is 10.1 Å². The molecule has 3 heteroatoms. The van der Waals surface area contributed by atoms with Gasteiger partial charge in [0.15, 0.2) is 0 Å². The molecule has 1 nitrogen and oxygen atoms in total. The summed E-state index contributed by atoms with van der Waals surface area (Å²) in [5, 5.41) is 3.20. The molecule has 0 aliphatic heterocycles. The molecule has 0 unspecified atom stereocenters. The van der Waals surface area contributed by atoms with Crippen LogP contribution in [0.3, 0.4) is 0 Å². The third-order valence-corrected chi connectivity index (χ3v) is 4.15. The molecule has 0 aromatic heterocycles. The molecule has 3 rings (SSSR count). The van der Waals surface area contributed by atoms with Crippen LogP contribution >= 0.6 is 15.9 Å². The summed E-state index contributed by atoms with van der Waals surface area (Å²) in [6.45, 7) is 0.659. The quantitative estimate of drug-likeness (QED) is 0.828. The number of rotatable bonds is 4. The summed E-state index contributed by atoms with van der Waals surface area (Å²) in [5.41, 5.74) is 3.20. The minimum Gasteiger partial charge on any atom is -0.378 e. The van der Waals surface area contributed by atoms with E-state index in [0.717, 1.165) is 4.47 Å². The summed E-state index contributed by atoms with van der Waals surface area (Å²) in [6.07, 6.45) is 2.56. The van der Waals surface area contributed by atoms with E-state index in [0.29, 0.717) is 18.2 Å². The first-order chi connectivity index (χ1) is 9.25. The molecule has 0 saturated heterocycles. The zero-order valence-corrected chi connectivity index (χ0v) is 12.1. The second-order valence-electron chi connectivity index (χ2n) is 4.92. The van der Waals surface area contributed by atoms with Gasteiger partial charge < -0.3 is 5.32 Å². The molecule has 0 amide bonds. The predicted octanol–water partition coefficient (Wildman–Crippen LogP) is 5.08. The van der Waals surface area contributed by atoms with Gasteiger partial charge in [0.1, 0.15) is 5.82 Å². The van der Waals surface area contributed by atoms with E-state index in [1.807, 2.05) is 12.1 Å². The zero-order chi connectivity index (χ0) is 13.2.